The summed E-state index contributed by atoms with van der Waals surface area (Å²) in [6.07, 6.45) is -1.24. The van der Waals surface area contributed by atoms with Crippen molar-refractivity contribution in [1.82, 2.24) is 10.2 Å². The lowest BCUT2D eigenvalue weighted by Crippen LogP contribution is -2.45. The van der Waals surface area contributed by atoms with Gasteiger partial charge in [-0.2, -0.15) is 0 Å². The predicted molar refractivity (Wildman–Crippen MR) is 113 cm³/mol. The second-order valence-corrected chi connectivity index (χ2v) is 8.98. The molecule has 0 bridgehead atoms. The molecule has 2 N–H and O–H groups in total. The molecule has 168 valence electrons. The van der Waals surface area contributed by atoms with Gasteiger partial charge in [0.1, 0.15) is 5.75 Å². The summed E-state index contributed by atoms with van der Waals surface area (Å²) in [4.78, 5) is 14.2. The summed E-state index contributed by atoms with van der Waals surface area (Å²) in [6, 6.07) is 12.0. The van der Waals surface area contributed by atoms with Crippen LogP contribution in [-0.2, 0) is 10.0 Å². The molecule has 1 amide bonds. The minimum atomic E-state index is -3.89. The molecular formula is C21H25F2N3O4S. The smallest absolute Gasteiger partial charge is 0.261 e. The van der Waals surface area contributed by atoms with Crippen LogP contribution in [0, 0.1) is 0 Å². The molecule has 0 unspecified atom stereocenters. The van der Waals surface area contributed by atoms with Gasteiger partial charge in [-0.1, -0.05) is 6.07 Å². The minimum absolute atomic E-state index is 0.0391. The molecule has 31 heavy (non-hydrogen) atoms. The second kappa shape index (κ2) is 10.1. The fraction of sp³-hybridized carbons (Fsp3) is 0.381. The Hall–Kier alpha value is -2.72. The number of alkyl halides is 2. The molecule has 1 aliphatic heterocycles. The first-order valence-corrected chi connectivity index (χ1v) is 11.3. The number of nitrogens with one attached hydrogen (secondary N) is 2. The van der Waals surface area contributed by atoms with Crippen molar-refractivity contribution in [1.29, 1.82) is 0 Å². The molecule has 1 aliphatic rings. The zero-order valence-electron chi connectivity index (χ0n) is 17.1. The predicted octanol–water partition coefficient (Wildman–Crippen LogP) is 2.96. The maximum atomic E-state index is 12.7. The molecular weight excluding hydrogens is 428 g/mol. The molecule has 2 aromatic rings. The number of likely N-dealkylation sites (tertiary alicyclic amines) is 1. The van der Waals surface area contributed by atoms with E-state index in [-0.39, 0.29) is 23.0 Å². The normalized spacial score (nSPS) is 15.6. The Kier molecular flexibility index (Phi) is 7.45. The van der Waals surface area contributed by atoms with Crippen LogP contribution < -0.4 is 14.8 Å². The van der Waals surface area contributed by atoms with Gasteiger partial charge in [0.25, 0.3) is 22.4 Å². The average molecular weight is 454 g/mol. The number of carbonyl (C=O) groups excluding carboxylic acids is 1. The lowest BCUT2D eigenvalue weighted by Gasteiger charge is -2.32. The van der Waals surface area contributed by atoms with E-state index >= 15 is 0 Å². The second-order valence-electron chi connectivity index (χ2n) is 7.30. The highest BCUT2D eigenvalue weighted by Gasteiger charge is 2.23. The average Bonchev–Trinajstić information content (AvgIpc) is 2.75. The van der Waals surface area contributed by atoms with Crippen LogP contribution in [0.5, 0.6) is 5.75 Å². The van der Waals surface area contributed by atoms with Gasteiger partial charge in [-0.25, -0.2) is 17.2 Å². The van der Waals surface area contributed by atoms with E-state index in [1.807, 2.05) is 0 Å². The first-order chi connectivity index (χ1) is 14.8. The number of hydrogen-bond donors (Lipinski definition) is 2. The van der Waals surface area contributed by atoms with E-state index in [0.29, 0.717) is 37.4 Å². The van der Waals surface area contributed by atoms with E-state index in [2.05, 4.69) is 10.0 Å². The molecule has 0 atom stereocenters. The van der Waals surface area contributed by atoms with E-state index in [1.165, 1.54) is 31.4 Å². The van der Waals surface area contributed by atoms with Gasteiger partial charge in [0.15, 0.2) is 0 Å². The van der Waals surface area contributed by atoms with E-state index in [0.717, 1.165) is 0 Å². The summed E-state index contributed by atoms with van der Waals surface area (Å²) in [5, 5.41) is 2.87. The van der Waals surface area contributed by atoms with E-state index in [4.69, 9.17) is 4.74 Å². The van der Waals surface area contributed by atoms with Gasteiger partial charge < -0.3 is 10.1 Å². The molecule has 2 aromatic carbocycles. The lowest BCUT2D eigenvalue weighted by atomic mass is 10.0. The zero-order chi connectivity index (χ0) is 22.4. The fourth-order valence-electron chi connectivity index (χ4n) is 3.40. The number of benzene rings is 2. The van der Waals surface area contributed by atoms with Crippen molar-refractivity contribution in [2.75, 3.05) is 31.5 Å². The number of amides is 1. The van der Waals surface area contributed by atoms with Crippen LogP contribution in [0.4, 0.5) is 14.5 Å². The lowest BCUT2D eigenvalue weighted by molar-refractivity contribution is 0.0696. The van der Waals surface area contributed by atoms with Gasteiger partial charge in [-0.3, -0.25) is 14.4 Å². The third kappa shape index (κ3) is 6.38. The first-order valence-electron chi connectivity index (χ1n) is 9.85. The van der Waals surface area contributed by atoms with Gasteiger partial charge >= 0.3 is 0 Å². The molecule has 0 saturated carbocycles. The number of rotatable bonds is 8. The van der Waals surface area contributed by atoms with Crippen molar-refractivity contribution in [2.45, 2.75) is 30.2 Å². The molecule has 7 nitrogen and oxygen atoms in total. The first kappa shape index (κ1) is 23.0. The maximum absolute atomic E-state index is 12.7. The monoisotopic (exact) mass is 453 g/mol. The van der Waals surface area contributed by atoms with Gasteiger partial charge in [0, 0.05) is 30.4 Å². The number of halogens is 2. The highest BCUT2D eigenvalue weighted by molar-refractivity contribution is 7.92. The summed E-state index contributed by atoms with van der Waals surface area (Å²) >= 11 is 0. The van der Waals surface area contributed by atoms with Crippen molar-refractivity contribution in [3.8, 4) is 5.75 Å². The van der Waals surface area contributed by atoms with E-state index in [1.54, 1.807) is 29.2 Å². The Morgan fingerprint density at radius 1 is 1.16 bits per heavy atom. The van der Waals surface area contributed by atoms with Gasteiger partial charge in [0.05, 0.1) is 18.6 Å². The summed E-state index contributed by atoms with van der Waals surface area (Å²) < 4.78 is 57.9. The quantitative estimate of drug-likeness (QED) is 0.642. The molecule has 1 saturated heterocycles. The highest BCUT2D eigenvalue weighted by Crippen LogP contribution is 2.20. The highest BCUT2D eigenvalue weighted by atomic mass is 32.2. The molecule has 0 aromatic heterocycles. The number of hydrogen-bond acceptors (Lipinski definition) is 5. The van der Waals surface area contributed by atoms with Crippen LogP contribution in [0.1, 0.15) is 23.2 Å². The van der Waals surface area contributed by atoms with Crippen LogP contribution in [0.3, 0.4) is 0 Å². The van der Waals surface area contributed by atoms with E-state index in [9.17, 15) is 22.0 Å². The molecule has 0 aliphatic carbocycles. The topological polar surface area (TPSA) is 87.7 Å². The Morgan fingerprint density at radius 2 is 1.84 bits per heavy atom. The summed E-state index contributed by atoms with van der Waals surface area (Å²) in [6.45, 7) is 0.701. The molecule has 0 spiro atoms. The summed E-state index contributed by atoms with van der Waals surface area (Å²) in [7, 11) is -2.37. The fourth-order valence-corrected chi connectivity index (χ4v) is 4.51. The molecule has 1 heterocycles. The van der Waals surface area contributed by atoms with Gasteiger partial charge in [-0.05, 0) is 55.3 Å². The Balaban J connectivity index is 1.63. The molecule has 0 radical (unpaired) electrons. The SMILES string of the molecule is COc1ccc(NS(=O)(=O)c2cccc(C(=O)NC3CCN(CC(F)F)CC3)c2)cc1. The van der Waals surface area contributed by atoms with Crippen LogP contribution in [-0.4, -0.2) is 58.4 Å². The summed E-state index contributed by atoms with van der Waals surface area (Å²) in [5.41, 5.74) is 0.582. The van der Waals surface area contributed by atoms with Crippen molar-refractivity contribution >= 4 is 21.6 Å². The number of piperidine rings is 1. The zero-order valence-corrected chi connectivity index (χ0v) is 17.9. The summed E-state index contributed by atoms with van der Waals surface area (Å²) in [5.74, 6) is 0.204. The number of methoxy groups -OCH3 is 1. The van der Waals surface area contributed by atoms with Crippen LogP contribution in [0.2, 0.25) is 0 Å². The minimum Gasteiger partial charge on any atom is -0.497 e. The Morgan fingerprint density at radius 3 is 2.45 bits per heavy atom. The Labute approximate surface area is 180 Å². The van der Waals surface area contributed by atoms with Crippen molar-refractivity contribution in [2.24, 2.45) is 0 Å². The van der Waals surface area contributed by atoms with Gasteiger partial charge in [0.2, 0.25) is 0 Å². The largest absolute Gasteiger partial charge is 0.497 e. The number of sulfonamides is 1. The standard InChI is InChI=1S/C21H25F2N3O4S/c1-30-18-7-5-17(6-8-18)25-31(28,29)19-4-2-3-15(13-19)21(27)24-16-9-11-26(12-10-16)14-20(22)23/h2-8,13,16,20,25H,9-12,14H2,1H3,(H,24,27). The molecule has 3 rings (SSSR count). The number of nitrogens with zero attached hydrogens (tertiary/aromatic N) is 1. The Bertz CT molecular complexity index is 992. The number of anilines is 1. The number of carbonyl (C=O) groups is 1. The third-order valence-corrected chi connectivity index (χ3v) is 6.45. The third-order valence-electron chi connectivity index (χ3n) is 5.07. The van der Waals surface area contributed by atoms with Crippen LogP contribution >= 0.6 is 0 Å². The van der Waals surface area contributed by atoms with Crippen LogP contribution in [0.15, 0.2) is 53.4 Å². The van der Waals surface area contributed by atoms with Gasteiger partial charge in [-0.15, -0.1) is 0 Å². The van der Waals surface area contributed by atoms with Crippen LogP contribution in [0.25, 0.3) is 0 Å². The molecule has 1 fully saturated rings. The maximum Gasteiger partial charge on any atom is 0.261 e. The van der Waals surface area contributed by atoms with Crippen molar-refractivity contribution in [3.05, 3.63) is 54.1 Å². The van der Waals surface area contributed by atoms with Crippen molar-refractivity contribution < 1.29 is 26.7 Å². The van der Waals surface area contributed by atoms with Crippen molar-refractivity contribution in [3.63, 3.8) is 0 Å². The molecule has 10 heteroatoms. The van der Waals surface area contributed by atoms with E-state index < -0.39 is 22.4 Å². The number of ether oxygens (including phenoxy) is 1.